The normalized spacial score (nSPS) is 10.7. The topological polar surface area (TPSA) is 29.0 Å². The first-order valence-electron chi connectivity index (χ1n) is 4.20. The number of hydrogen-bond acceptors (Lipinski definition) is 3. The maximum absolute atomic E-state index is 12.5. The lowest BCUT2D eigenvalue weighted by molar-refractivity contribution is 0.154. The number of aromatic nitrogens is 2. The maximum Gasteiger partial charge on any atom is 0.255 e. The summed E-state index contributed by atoms with van der Waals surface area (Å²) < 4.78 is 36.8. The van der Waals surface area contributed by atoms with Crippen molar-refractivity contribution in [2.24, 2.45) is 0 Å². The maximum atomic E-state index is 12.5. The number of halogens is 4. The second-order valence-corrected chi connectivity index (χ2v) is 3.11. The molecule has 0 aromatic carbocycles. The van der Waals surface area contributed by atoms with E-state index in [9.17, 15) is 13.2 Å². The second-order valence-electron chi connectivity index (χ2n) is 2.73. The van der Waals surface area contributed by atoms with Gasteiger partial charge in [-0.3, -0.25) is 0 Å². The Morgan fingerprint density at radius 1 is 1.33 bits per heavy atom. The second kappa shape index (κ2) is 5.75. The number of rotatable bonds is 5. The molecule has 0 saturated heterocycles. The Kier molecular flexibility index (Phi) is 4.61. The van der Waals surface area contributed by atoms with Gasteiger partial charge >= 0.3 is 0 Å². The highest BCUT2D eigenvalue weighted by molar-refractivity contribution is 6.18. The van der Waals surface area contributed by atoms with Crippen molar-refractivity contribution in [3.05, 3.63) is 18.2 Å². The van der Waals surface area contributed by atoms with Crippen molar-refractivity contribution in [2.45, 2.75) is 6.43 Å². The van der Waals surface area contributed by atoms with E-state index in [1.807, 2.05) is 0 Å². The van der Waals surface area contributed by atoms with Crippen LogP contribution in [-0.4, -0.2) is 35.4 Å². The Balaban J connectivity index is 2.74. The molecular weight excluding hydrogens is 231 g/mol. The van der Waals surface area contributed by atoms with Gasteiger partial charge < -0.3 is 4.90 Å². The van der Waals surface area contributed by atoms with E-state index in [0.717, 1.165) is 12.4 Å². The molecule has 0 atom stereocenters. The smallest absolute Gasteiger partial charge is 0.255 e. The molecular formula is C8H9ClF3N3. The van der Waals surface area contributed by atoms with Gasteiger partial charge in [-0.1, -0.05) is 0 Å². The van der Waals surface area contributed by atoms with E-state index in [-0.39, 0.29) is 18.4 Å². The molecule has 0 aliphatic heterocycles. The van der Waals surface area contributed by atoms with Crippen LogP contribution in [0.3, 0.4) is 0 Å². The van der Waals surface area contributed by atoms with Crippen molar-refractivity contribution in [1.82, 2.24) is 9.97 Å². The first-order chi connectivity index (χ1) is 7.13. The van der Waals surface area contributed by atoms with Crippen molar-refractivity contribution >= 4 is 17.5 Å². The monoisotopic (exact) mass is 239 g/mol. The fourth-order valence-electron chi connectivity index (χ4n) is 1.01. The molecule has 0 aliphatic rings. The molecule has 3 nitrogen and oxygen atoms in total. The molecule has 0 aliphatic carbocycles. The zero-order chi connectivity index (χ0) is 11.3. The zero-order valence-electron chi connectivity index (χ0n) is 7.71. The molecule has 0 unspecified atom stereocenters. The summed E-state index contributed by atoms with van der Waals surface area (Å²) in [5.41, 5.74) is 0. The molecule has 1 heterocycles. The summed E-state index contributed by atoms with van der Waals surface area (Å²) >= 11 is 5.44. The van der Waals surface area contributed by atoms with Crippen LogP contribution in [-0.2, 0) is 0 Å². The van der Waals surface area contributed by atoms with Crippen molar-refractivity contribution < 1.29 is 13.2 Å². The number of anilines is 1. The van der Waals surface area contributed by atoms with Crippen LogP contribution in [0.2, 0.25) is 0 Å². The summed E-state index contributed by atoms with van der Waals surface area (Å²) in [7, 11) is 0. The predicted molar refractivity (Wildman–Crippen MR) is 50.9 cm³/mol. The molecule has 0 bridgehead atoms. The van der Waals surface area contributed by atoms with Crippen molar-refractivity contribution in [3.63, 3.8) is 0 Å². The molecule has 1 aromatic rings. The van der Waals surface area contributed by atoms with Gasteiger partial charge in [0.25, 0.3) is 6.43 Å². The highest BCUT2D eigenvalue weighted by atomic mass is 35.5. The van der Waals surface area contributed by atoms with Crippen LogP contribution < -0.4 is 4.90 Å². The minimum atomic E-state index is -2.51. The lowest BCUT2D eigenvalue weighted by Gasteiger charge is -2.20. The lowest BCUT2D eigenvalue weighted by Crippen LogP contribution is -2.32. The van der Waals surface area contributed by atoms with Gasteiger partial charge in [-0.15, -0.1) is 11.6 Å². The van der Waals surface area contributed by atoms with E-state index < -0.39 is 18.8 Å². The van der Waals surface area contributed by atoms with Crippen molar-refractivity contribution in [3.8, 4) is 0 Å². The minimum absolute atomic E-state index is 0.0531. The lowest BCUT2D eigenvalue weighted by atomic mass is 10.5. The molecule has 0 fully saturated rings. The van der Waals surface area contributed by atoms with Gasteiger partial charge in [0.1, 0.15) is 0 Å². The molecule has 7 heteroatoms. The fourth-order valence-corrected chi connectivity index (χ4v) is 1.21. The molecule has 0 spiro atoms. The van der Waals surface area contributed by atoms with E-state index in [1.165, 1.54) is 4.90 Å². The molecule has 84 valence electrons. The largest absolute Gasteiger partial charge is 0.334 e. The van der Waals surface area contributed by atoms with Crippen LogP contribution in [0.15, 0.2) is 12.4 Å². The summed E-state index contributed by atoms with van der Waals surface area (Å²) in [4.78, 5) is 8.40. The summed E-state index contributed by atoms with van der Waals surface area (Å²) in [5.74, 6) is -0.382. The summed E-state index contributed by atoms with van der Waals surface area (Å²) in [6, 6.07) is 0. The Morgan fingerprint density at radius 3 is 2.40 bits per heavy atom. The quantitative estimate of drug-likeness (QED) is 0.736. The van der Waals surface area contributed by atoms with Crippen LogP contribution in [0.5, 0.6) is 0 Å². The van der Waals surface area contributed by atoms with Gasteiger partial charge in [-0.2, -0.15) is 0 Å². The van der Waals surface area contributed by atoms with E-state index in [4.69, 9.17) is 11.6 Å². The Labute approximate surface area is 89.9 Å². The molecule has 0 saturated carbocycles. The third-order valence-electron chi connectivity index (χ3n) is 1.60. The van der Waals surface area contributed by atoms with Crippen molar-refractivity contribution in [1.29, 1.82) is 0 Å². The van der Waals surface area contributed by atoms with Gasteiger partial charge in [-0.25, -0.2) is 23.1 Å². The van der Waals surface area contributed by atoms with Gasteiger partial charge in [-0.05, 0) is 0 Å². The predicted octanol–water partition coefficient (Wildman–Crippen LogP) is 1.93. The Hall–Kier alpha value is -1.04. The fraction of sp³-hybridized carbons (Fsp3) is 0.500. The molecule has 1 rings (SSSR count). The van der Waals surface area contributed by atoms with Gasteiger partial charge in [0, 0.05) is 12.4 Å². The first kappa shape index (κ1) is 12.0. The highest BCUT2D eigenvalue weighted by Gasteiger charge is 2.14. The number of hydrogen-bond donors (Lipinski definition) is 0. The van der Waals surface area contributed by atoms with Crippen LogP contribution in [0, 0.1) is 5.82 Å². The third kappa shape index (κ3) is 3.91. The van der Waals surface area contributed by atoms with Crippen LogP contribution in [0.4, 0.5) is 19.1 Å². The van der Waals surface area contributed by atoms with Crippen molar-refractivity contribution in [2.75, 3.05) is 23.9 Å². The molecule has 15 heavy (non-hydrogen) atoms. The third-order valence-corrected chi connectivity index (χ3v) is 1.77. The number of nitrogens with zero attached hydrogens (tertiary/aromatic N) is 3. The standard InChI is InChI=1S/C8H9ClF3N3/c9-1-2-15(5-7(11)12)8-13-3-6(10)4-14-8/h3-4,7H,1-2,5H2. The summed E-state index contributed by atoms with van der Waals surface area (Å²) in [6.45, 7) is -0.324. The van der Waals surface area contributed by atoms with Crippen LogP contribution in [0.1, 0.15) is 0 Å². The van der Waals surface area contributed by atoms with Gasteiger partial charge in [0.2, 0.25) is 5.95 Å². The minimum Gasteiger partial charge on any atom is -0.334 e. The summed E-state index contributed by atoms with van der Waals surface area (Å²) in [5, 5.41) is 0. The first-order valence-corrected chi connectivity index (χ1v) is 4.73. The highest BCUT2D eigenvalue weighted by Crippen LogP contribution is 2.09. The van der Waals surface area contributed by atoms with Crippen LogP contribution in [0.25, 0.3) is 0 Å². The number of alkyl halides is 3. The Bertz CT molecular complexity index is 294. The van der Waals surface area contributed by atoms with Gasteiger partial charge in [0.15, 0.2) is 5.82 Å². The molecule has 0 amide bonds. The Morgan fingerprint density at radius 2 is 1.93 bits per heavy atom. The summed E-state index contributed by atoms with van der Waals surface area (Å²) in [6.07, 6.45) is -0.661. The molecule has 1 aromatic heterocycles. The average Bonchev–Trinajstić information content (AvgIpc) is 2.17. The van der Waals surface area contributed by atoms with E-state index in [1.54, 1.807) is 0 Å². The SMILES string of the molecule is Fc1cnc(N(CCCl)CC(F)F)nc1. The van der Waals surface area contributed by atoms with Crippen LogP contribution >= 0.6 is 11.6 Å². The van der Waals surface area contributed by atoms with E-state index in [0.29, 0.717) is 0 Å². The average molecular weight is 240 g/mol. The van der Waals surface area contributed by atoms with E-state index >= 15 is 0 Å². The molecule has 0 radical (unpaired) electrons. The van der Waals surface area contributed by atoms with Gasteiger partial charge in [0.05, 0.1) is 18.9 Å². The molecule has 0 N–H and O–H groups in total. The zero-order valence-corrected chi connectivity index (χ0v) is 8.46. The van der Waals surface area contributed by atoms with E-state index in [2.05, 4.69) is 9.97 Å².